The Hall–Kier alpha value is -2.73. The number of rotatable bonds is 2. The fraction of sp³-hybridized carbons (Fsp3) is 0.0714. The highest BCUT2D eigenvalue weighted by molar-refractivity contribution is 7.91. The van der Waals surface area contributed by atoms with E-state index in [1.807, 2.05) is 0 Å². The second-order valence-corrected chi connectivity index (χ2v) is 8.05. The Morgan fingerprint density at radius 2 is 1.81 bits per heavy atom. The molecule has 4 rings (SSSR count). The van der Waals surface area contributed by atoms with Crippen molar-refractivity contribution in [2.24, 2.45) is 0 Å². The molecule has 0 amide bonds. The molecule has 0 unspecified atom stereocenters. The van der Waals surface area contributed by atoms with Gasteiger partial charge in [0.2, 0.25) is 14.9 Å². The van der Waals surface area contributed by atoms with E-state index in [1.165, 1.54) is 4.52 Å². The molecule has 0 aliphatic rings. The predicted molar refractivity (Wildman–Crippen MR) is 85.9 cm³/mol. The fourth-order valence-corrected chi connectivity index (χ4v) is 4.48. The third kappa shape index (κ3) is 2.41. The maximum Gasteiger partial charge on any atom is 0.416 e. The molecule has 0 fully saturated rings. The highest BCUT2D eigenvalue weighted by Gasteiger charge is 2.32. The Kier molecular flexibility index (Phi) is 3.46. The smallest absolute Gasteiger partial charge is 0.303 e. The third-order valence-corrected chi connectivity index (χ3v) is 6.28. The first-order valence-electron chi connectivity index (χ1n) is 6.97. The molecule has 3 heterocycles. The molecule has 26 heavy (non-hydrogen) atoms. The summed E-state index contributed by atoms with van der Waals surface area (Å²) >= 11 is 1.16. The van der Waals surface area contributed by atoms with Crippen LogP contribution in [0.4, 0.5) is 13.2 Å². The third-order valence-electron chi connectivity index (χ3n) is 3.70. The van der Waals surface area contributed by atoms with E-state index in [9.17, 15) is 26.4 Å². The van der Waals surface area contributed by atoms with Crippen LogP contribution >= 0.6 is 11.3 Å². The Balaban J connectivity index is 1.91. The number of benzene rings is 1. The summed E-state index contributed by atoms with van der Waals surface area (Å²) in [5.41, 5.74) is -1.25. The molecule has 134 valence electrons. The summed E-state index contributed by atoms with van der Waals surface area (Å²) < 4.78 is 64.9. The molecular formula is C14H7F3N4O3S2. The molecule has 0 spiro atoms. The van der Waals surface area contributed by atoms with Gasteiger partial charge in [-0.15, -0.1) is 16.4 Å². The zero-order valence-corrected chi connectivity index (χ0v) is 14.1. The van der Waals surface area contributed by atoms with Gasteiger partial charge in [-0.2, -0.15) is 17.7 Å². The average molecular weight is 400 g/mol. The molecule has 3 aromatic heterocycles. The number of nitrogens with one attached hydrogen (secondary N) is 1. The van der Waals surface area contributed by atoms with Crippen LogP contribution in [-0.2, 0) is 16.0 Å². The highest BCUT2D eigenvalue weighted by Crippen LogP contribution is 2.31. The predicted octanol–water partition coefficient (Wildman–Crippen LogP) is 2.48. The van der Waals surface area contributed by atoms with Crippen LogP contribution in [0.3, 0.4) is 0 Å². The number of hydrogen-bond donors (Lipinski definition) is 1. The normalized spacial score (nSPS) is 12.9. The lowest BCUT2D eigenvalue weighted by Crippen LogP contribution is -2.11. The van der Waals surface area contributed by atoms with Crippen LogP contribution in [0.1, 0.15) is 5.56 Å². The standard InChI is InChI=1S/C14H7F3N4O3S2/c15-14(16,17)7-1-3-8(4-2-7)26(23,24)13-11-18-12(22)10-9(5-6-25-10)21(11)20-19-13/h1-6H,(H,18,22). The lowest BCUT2D eigenvalue weighted by molar-refractivity contribution is -0.137. The minimum atomic E-state index is -4.58. The zero-order chi connectivity index (χ0) is 18.7. The van der Waals surface area contributed by atoms with Crippen molar-refractivity contribution in [3.63, 3.8) is 0 Å². The molecule has 7 nitrogen and oxygen atoms in total. The van der Waals surface area contributed by atoms with Crippen LogP contribution < -0.4 is 5.56 Å². The van der Waals surface area contributed by atoms with E-state index in [1.54, 1.807) is 11.4 Å². The highest BCUT2D eigenvalue weighted by atomic mass is 32.2. The average Bonchev–Trinajstić information content (AvgIpc) is 3.21. The van der Waals surface area contributed by atoms with E-state index in [-0.39, 0.29) is 10.5 Å². The van der Waals surface area contributed by atoms with Gasteiger partial charge in [0.1, 0.15) is 4.70 Å². The van der Waals surface area contributed by atoms with E-state index < -0.39 is 32.2 Å². The van der Waals surface area contributed by atoms with Crippen molar-refractivity contribution in [2.45, 2.75) is 16.1 Å². The Morgan fingerprint density at radius 3 is 2.46 bits per heavy atom. The summed E-state index contributed by atoms with van der Waals surface area (Å²) in [7, 11) is -4.28. The van der Waals surface area contributed by atoms with E-state index in [0.29, 0.717) is 22.3 Å². The van der Waals surface area contributed by atoms with Crippen molar-refractivity contribution in [3.8, 4) is 0 Å². The summed E-state index contributed by atoms with van der Waals surface area (Å²) in [6.45, 7) is 0. The second-order valence-electron chi connectivity index (χ2n) is 5.27. The van der Waals surface area contributed by atoms with Gasteiger partial charge in [0, 0.05) is 0 Å². The van der Waals surface area contributed by atoms with Gasteiger partial charge in [0.25, 0.3) is 5.56 Å². The van der Waals surface area contributed by atoms with E-state index >= 15 is 0 Å². The van der Waals surface area contributed by atoms with Crippen LogP contribution in [0.15, 0.2) is 50.4 Å². The largest absolute Gasteiger partial charge is 0.416 e. The molecule has 0 aliphatic heterocycles. The van der Waals surface area contributed by atoms with Gasteiger partial charge in [0.05, 0.1) is 16.0 Å². The quantitative estimate of drug-likeness (QED) is 0.558. The lowest BCUT2D eigenvalue weighted by Gasteiger charge is -2.07. The zero-order valence-electron chi connectivity index (χ0n) is 12.5. The van der Waals surface area contributed by atoms with Crippen molar-refractivity contribution in [2.75, 3.05) is 0 Å². The van der Waals surface area contributed by atoms with E-state index in [2.05, 4.69) is 15.3 Å². The second kappa shape index (κ2) is 5.38. The van der Waals surface area contributed by atoms with Crippen molar-refractivity contribution in [3.05, 3.63) is 51.6 Å². The maximum atomic E-state index is 12.7. The van der Waals surface area contributed by atoms with Gasteiger partial charge >= 0.3 is 6.18 Å². The summed E-state index contributed by atoms with van der Waals surface area (Å²) in [6, 6.07) is 4.59. The van der Waals surface area contributed by atoms with E-state index in [0.717, 1.165) is 23.5 Å². The van der Waals surface area contributed by atoms with Gasteiger partial charge in [-0.1, -0.05) is 5.21 Å². The summed E-state index contributed by atoms with van der Waals surface area (Å²) in [6.07, 6.45) is -4.58. The van der Waals surface area contributed by atoms with Crippen LogP contribution in [0.25, 0.3) is 15.9 Å². The molecule has 0 saturated carbocycles. The number of halogens is 3. The number of sulfone groups is 1. The number of thiophene rings is 1. The first-order chi connectivity index (χ1) is 12.2. The number of aromatic nitrogens is 4. The fourth-order valence-electron chi connectivity index (χ4n) is 2.46. The summed E-state index contributed by atoms with van der Waals surface area (Å²) in [5.74, 6) is 0. The Labute approximate surface area is 146 Å². The number of alkyl halides is 3. The Bertz CT molecular complexity index is 1300. The van der Waals surface area contributed by atoms with Gasteiger partial charge in [-0.3, -0.25) is 4.79 Å². The first kappa shape index (κ1) is 16.7. The minimum Gasteiger partial charge on any atom is -0.303 e. The topological polar surface area (TPSA) is 97.2 Å². The minimum absolute atomic E-state index is 0.152. The molecule has 0 bridgehead atoms. The monoisotopic (exact) mass is 400 g/mol. The molecule has 1 N–H and O–H groups in total. The Morgan fingerprint density at radius 1 is 1.12 bits per heavy atom. The number of fused-ring (bicyclic) bond motifs is 3. The lowest BCUT2D eigenvalue weighted by atomic mass is 10.2. The molecule has 12 heteroatoms. The molecule has 0 saturated heterocycles. The van der Waals surface area contributed by atoms with Gasteiger partial charge in [0.15, 0.2) is 5.65 Å². The SMILES string of the molecule is O=c1[nH]c2c(S(=O)(=O)c3ccc(C(F)(F)F)cc3)nnn2c2ccsc12. The summed E-state index contributed by atoms with van der Waals surface area (Å²) in [4.78, 5) is 14.1. The molecule has 0 radical (unpaired) electrons. The molecule has 4 aromatic rings. The number of aromatic amines is 1. The van der Waals surface area contributed by atoms with Crippen LogP contribution in [0, 0.1) is 0 Å². The van der Waals surface area contributed by atoms with Crippen molar-refractivity contribution < 1.29 is 21.6 Å². The first-order valence-corrected chi connectivity index (χ1v) is 9.33. The molecular weight excluding hydrogens is 393 g/mol. The number of H-pyrrole nitrogens is 1. The number of nitrogens with zero attached hydrogens (tertiary/aromatic N) is 3. The molecule has 0 atom stereocenters. The van der Waals surface area contributed by atoms with Crippen molar-refractivity contribution in [1.82, 2.24) is 19.8 Å². The van der Waals surface area contributed by atoms with Gasteiger partial charge in [-0.05, 0) is 35.7 Å². The van der Waals surface area contributed by atoms with Gasteiger partial charge < -0.3 is 4.98 Å². The van der Waals surface area contributed by atoms with Crippen molar-refractivity contribution >= 4 is 37.0 Å². The van der Waals surface area contributed by atoms with Crippen LogP contribution in [-0.4, -0.2) is 28.2 Å². The van der Waals surface area contributed by atoms with Crippen LogP contribution in [0.2, 0.25) is 0 Å². The van der Waals surface area contributed by atoms with Gasteiger partial charge in [-0.25, -0.2) is 8.42 Å². The van der Waals surface area contributed by atoms with E-state index in [4.69, 9.17) is 0 Å². The van der Waals surface area contributed by atoms with Crippen LogP contribution in [0.5, 0.6) is 0 Å². The van der Waals surface area contributed by atoms with Crippen molar-refractivity contribution in [1.29, 1.82) is 0 Å². The molecule has 0 aliphatic carbocycles. The maximum absolute atomic E-state index is 12.7. The molecule has 1 aromatic carbocycles. The summed E-state index contributed by atoms with van der Waals surface area (Å²) in [5, 5.41) is 8.48. The number of hydrogen-bond acceptors (Lipinski definition) is 6.